The molecule has 0 heterocycles. The van der Waals surface area contributed by atoms with Gasteiger partial charge in [0, 0.05) is 48.2 Å². The minimum absolute atomic E-state index is 0. The molecule has 0 atom stereocenters. The van der Waals surface area contributed by atoms with Crippen molar-refractivity contribution in [3.05, 3.63) is 0 Å². The molecule has 0 aliphatic carbocycles. The summed E-state index contributed by atoms with van der Waals surface area (Å²) in [6.07, 6.45) is 0. The second-order valence-corrected chi connectivity index (χ2v) is 0. The van der Waals surface area contributed by atoms with Gasteiger partial charge in [0.25, 0.3) is 0 Å². The van der Waals surface area contributed by atoms with Crippen LogP contribution < -0.4 is 6.15 Å². The molecule has 33 valence electrons. The van der Waals surface area contributed by atoms with Crippen LogP contribution in [0.2, 0.25) is 0 Å². The van der Waals surface area contributed by atoms with Crippen molar-refractivity contribution < 1.29 is 53.7 Å². The van der Waals surface area contributed by atoms with Gasteiger partial charge >= 0.3 is 0 Å². The van der Waals surface area contributed by atoms with E-state index in [9.17, 15) is 0 Å². The zero-order chi connectivity index (χ0) is 0. The van der Waals surface area contributed by atoms with Gasteiger partial charge in [-0.15, -0.1) is 0 Å². The zero-order valence-corrected chi connectivity index (χ0v) is 8.96. The molecule has 1 radical (unpaired) electrons. The maximum absolute atomic E-state index is 0. The summed E-state index contributed by atoms with van der Waals surface area (Å²) in [6.45, 7) is 0. The van der Waals surface area contributed by atoms with Crippen molar-refractivity contribution in [3.63, 3.8) is 0 Å². The van der Waals surface area contributed by atoms with E-state index in [-0.39, 0.29) is 70.8 Å². The summed E-state index contributed by atoms with van der Waals surface area (Å²) in [6, 6.07) is 0. The zero-order valence-electron chi connectivity index (χ0n) is 2.15. The van der Waals surface area contributed by atoms with Gasteiger partial charge in [0.2, 0.25) is 0 Å². The van der Waals surface area contributed by atoms with E-state index in [1.165, 1.54) is 0 Å². The third-order valence-corrected chi connectivity index (χ3v) is 0. The molecule has 0 aliphatic heterocycles. The number of hydrogen-bond donors (Lipinski definition) is 1. The summed E-state index contributed by atoms with van der Waals surface area (Å²) in [4.78, 5) is 0. The van der Waals surface area contributed by atoms with Crippen molar-refractivity contribution in [2.75, 3.05) is 0 Å². The number of hydrogen-bond acceptors (Lipinski definition) is 1. The predicted octanol–water partition coefficient (Wildman–Crippen LogP) is -2.12. The average molecular weight is 427 g/mol. The smallest absolute Gasteiger partial charge is 0 e. The van der Waals surface area contributed by atoms with Crippen molar-refractivity contribution in [1.82, 2.24) is 6.15 Å². The van der Waals surface area contributed by atoms with E-state index in [4.69, 9.17) is 0 Å². The van der Waals surface area contributed by atoms with Crippen LogP contribution in [0.25, 0.3) is 0 Å². The molecule has 5 N–H and O–H groups in total. The molecule has 5 heavy (non-hydrogen) atoms. The molecule has 0 unspecified atom stereocenters. The van der Waals surface area contributed by atoms with Gasteiger partial charge in [-0.2, -0.15) is 0 Å². The van der Waals surface area contributed by atoms with Gasteiger partial charge in [-0.1, -0.05) is 0 Å². The van der Waals surface area contributed by atoms with Crippen molar-refractivity contribution in [2.45, 2.75) is 0 Å². The van der Waals surface area contributed by atoms with E-state index < -0.39 is 0 Å². The molecule has 0 aromatic carbocycles. The second kappa shape index (κ2) is 42.4. The molecule has 0 spiro atoms. The summed E-state index contributed by atoms with van der Waals surface area (Å²) >= 11 is 0. The largest absolute Gasteiger partial charge is 0.412 e. The van der Waals surface area contributed by atoms with E-state index in [0.717, 1.165) is 0 Å². The summed E-state index contributed by atoms with van der Waals surface area (Å²) in [5.41, 5.74) is 0. The normalized spacial score (nSPS) is 0. The maximum atomic E-state index is 0. The summed E-state index contributed by atoms with van der Waals surface area (Å²) in [7, 11) is 0. The second-order valence-electron chi connectivity index (χ2n) is 0. The van der Waals surface area contributed by atoms with Crippen LogP contribution in [0.15, 0.2) is 0 Å². The first kappa shape index (κ1) is 73.0. The van der Waals surface area contributed by atoms with E-state index >= 15 is 0 Å². The Kier molecular flexibility index (Phi) is 619. The Morgan fingerprint density at radius 1 is 1.00 bits per heavy atom. The van der Waals surface area contributed by atoms with Crippen LogP contribution in [-0.4, -0.2) is 16.4 Å². The SMILES string of the molecule is N.O.[Hf].[SiH4].[Ta]. The van der Waals surface area contributed by atoms with Gasteiger partial charge in [0.05, 0.1) is 0 Å². The topological polar surface area (TPSA) is 66.5 Å². The fraction of sp³-hybridized carbons (Fsp3) is 0. The van der Waals surface area contributed by atoms with E-state index in [0.29, 0.717) is 0 Å². The van der Waals surface area contributed by atoms with Gasteiger partial charge in [-0.05, 0) is 11.0 Å². The Balaban J connectivity index is 0. The molecule has 0 fully saturated rings. The Hall–Kier alpha value is 1.75. The van der Waals surface area contributed by atoms with Crippen LogP contribution in [0.5, 0.6) is 0 Å². The minimum Gasteiger partial charge on any atom is -0.412 e. The van der Waals surface area contributed by atoms with Crippen molar-refractivity contribution in [2.24, 2.45) is 0 Å². The minimum atomic E-state index is 0. The van der Waals surface area contributed by atoms with Crippen LogP contribution >= 0.6 is 0 Å². The molecule has 0 aromatic heterocycles. The third-order valence-electron chi connectivity index (χ3n) is 0. The summed E-state index contributed by atoms with van der Waals surface area (Å²) in [5, 5.41) is 0. The fourth-order valence-corrected chi connectivity index (χ4v) is 0. The standard InChI is InChI=1S/Hf.H3N.H2O.H4Si.Ta/h;1H3;1H2;1H4;. The van der Waals surface area contributed by atoms with Gasteiger partial charge < -0.3 is 11.6 Å². The van der Waals surface area contributed by atoms with Crippen LogP contribution in [0.4, 0.5) is 0 Å². The Bertz CT molecular complexity index is 11.6. The predicted molar refractivity (Wildman–Crippen MR) is 20.0 cm³/mol. The molecular formula is H9HfNOSiTa. The van der Waals surface area contributed by atoms with Crippen molar-refractivity contribution in [1.29, 1.82) is 0 Å². The molecule has 0 aromatic rings. The van der Waals surface area contributed by atoms with Gasteiger partial charge in [0.1, 0.15) is 0 Å². The van der Waals surface area contributed by atoms with E-state index in [1.807, 2.05) is 0 Å². The third kappa shape index (κ3) is 26.4. The Morgan fingerprint density at radius 2 is 1.00 bits per heavy atom. The molecule has 0 saturated carbocycles. The fourth-order valence-electron chi connectivity index (χ4n) is 0. The molecular weight excluding hydrogens is 418 g/mol. The first-order valence-corrected chi connectivity index (χ1v) is 0. The van der Waals surface area contributed by atoms with Crippen LogP contribution in [0.3, 0.4) is 0 Å². The molecule has 2 nitrogen and oxygen atoms in total. The summed E-state index contributed by atoms with van der Waals surface area (Å²) in [5.74, 6) is 0. The Labute approximate surface area is 70.3 Å². The first-order chi connectivity index (χ1) is 0. The van der Waals surface area contributed by atoms with Crippen molar-refractivity contribution >= 4 is 11.0 Å². The van der Waals surface area contributed by atoms with E-state index in [1.54, 1.807) is 0 Å². The first-order valence-electron chi connectivity index (χ1n) is 0. The average Bonchev–Trinajstić information content (AvgIpc) is 0. The molecule has 0 bridgehead atoms. The molecule has 0 saturated heterocycles. The van der Waals surface area contributed by atoms with Gasteiger partial charge in [-0.25, -0.2) is 0 Å². The molecule has 0 aliphatic rings. The molecule has 5 heteroatoms. The Morgan fingerprint density at radius 3 is 1.00 bits per heavy atom. The van der Waals surface area contributed by atoms with Crippen LogP contribution in [0, 0.1) is 0 Å². The molecule has 0 rings (SSSR count). The van der Waals surface area contributed by atoms with Crippen LogP contribution in [0.1, 0.15) is 0 Å². The quantitative estimate of drug-likeness (QED) is 0.443. The van der Waals surface area contributed by atoms with Gasteiger partial charge in [0.15, 0.2) is 0 Å². The monoisotopic (exact) mass is 428 g/mol. The molecule has 0 amide bonds. The van der Waals surface area contributed by atoms with E-state index in [2.05, 4.69) is 0 Å². The maximum Gasteiger partial charge on any atom is 0 e. The summed E-state index contributed by atoms with van der Waals surface area (Å²) < 4.78 is 0. The number of rotatable bonds is 0. The van der Waals surface area contributed by atoms with Crippen LogP contribution in [-0.2, 0) is 48.2 Å². The van der Waals surface area contributed by atoms with Gasteiger partial charge in [-0.3, -0.25) is 0 Å². The van der Waals surface area contributed by atoms with Crippen molar-refractivity contribution in [3.8, 4) is 0 Å².